The van der Waals surface area contributed by atoms with Gasteiger partial charge in [-0.15, -0.1) is 13.2 Å². The summed E-state index contributed by atoms with van der Waals surface area (Å²) in [5, 5.41) is 10.9. The molecule has 0 heterocycles. The zero-order valence-electron chi connectivity index (χ0n) is 11.4. The van der Waals surface area contributed by atoms with Gasteiger partial charge in [-0.1, -0.05) is 45.1 Å². The van der Waals surface area contributed by atoms with Gasteiger partial charge in [0.2, 0.25) is 0 Å². The monoisotopic (exact) mass is 234 g/mol. The zero-order chi connectivity index (χ0) is 13.1. The third-order valence-corrected chi connectivity index (χ3v) is 4.32. The standard InChI is InChI=1S/C16H26O/c1-6-8-11-16(17)12-9-14(13(3)4)15(16,5)10-7-2/h6-7,9,12-14,17H,1-2,8,10-11H2,3-5H3/t14-,15-,16-/m1/s1. The summed E-state index contributed by atoms with van der Waals surface area (Å²) >= 11 is 0. The second kappa shape index (κ2) is 5.22. The molecule has 0 bridgehead atoms. The van der Waals surface area contributed by atoms with Gasteiger partial charge in [0, 0.05) is 5.41 Å². The first kappa shape index (κ1) is 14.2. The van der Waals surface area contributed by atoms with Crippen LogP contribution in [0.1, 0.15) is 40.0 Å². The lowest BCUT2D eigenvalue weighted by Gasteiger charge is -2.44. The van der Waals surface area contributed by atoms with Crippen molar-refractivity contribution >= 4 is 0 Å². The van der Waals surface area contributed by atoms with E-state index >= 15 is 0 Å². The fourth-order valence-electron chi connectivity index (χ4n) is 3.22. The van der Waals surface area contributed by atoms with Gasteiger partial charge in [0.1, 0.15) is 0 Å². The smallest absolute Gasteiger partial charge is 0.0892 e. The second-order valence-electron chi connectivity index (χ2n) is 5.79. The summed E-state index contributed by atoms with van der Waals surface area (Å²) < 4.78 is 0. The minimum atomic E-state index is -0.718. The van der Waals surface area contributed by atoms with E-state index in [1.165, 1.54) is 0 Å². The third kappa shape index (κ3) is 2.40. The third-order valence-electron chi connectivity index (χ3n) is 4.32. The molecule has 0 aliphatic heterocycles. The summed E-state index contributed by atoms with van der Waals surface area (Å²) in [6.45, 7) is 14.2. The quantitative estimate of drug-likeness (QED) is 0.686. The molecule has 0 radical (unpaired) electrons. The summed E-state index contributed by atoms with van der Waals surface area (Å²) in [5.41, 5.74) is -0.851. The number of aliphatic hydroxyl groups is 1. The van der Waals surface area contributed by atoms with Crippen LogP contribution in [0.5, 0.6) is 0 Å². The Morgan fingerprint density at radius 2 is 2.00 bits per heavy atom. The average molecular weight is 234 g/mol. The first-order chi connectivity index (χ1) is 7.91. The molecule has 0 aromatic heterocycles. The van der Waals surface area contributed by atoms with Crippen LogP contribution < -0.4 is 0 Å². The molecule has 96 valence electrons. The fraction of sp³-hybridized carbons (Fsp3) is 0.625. The molecule has 0 saturated heterocycles. The molecule has 0 amide bonds. The van der Waals surface area contributed by atoms with Crippen LogP contribution in [0, 0.1) is 17.3 Å². The molecule has 1 rings (SSSR count). The van der Waals surface area contributed by atoms with Gasteiger partial charge < -0.3 is 5.11 Å². The van der Waals surface area contributed by atoms with Gasteiger partial charge in [0.05, 0.1) is 5.60 Å². The number of allylic oxidation sites excluding steroid dienone is 3. The Balaban J connectivity index is 3.02. The predicted octanol–water partition coefficient (Wildman–Crippen LogP) is 4.11. The van der Waals surface area contributed by atoms with Crippen LogP contribution in [0.4, 0.5) is 0 Å². The van der Waals surface area contributed by atoms with E-state index in [9.17, 15) is 5.11 Å². The second-order valence-corrected chi connectivity index (χ2v) is 5.79. The van der Waals surface area contributed by atoms with Crippen molar-refractivity contribution in [3.05, 3.63) is 37.5 Å². The van der Waals surface area contributed by atoms with Gasteiger partial charge in [-0.3, -0.25) is 0 Å². The van der Waals surface area contributed by atoms with E-state index in [0.29, 0.717) is 11.8 Å². The molecule has 0 saturated carbocycles. The SMILES string of the molecule is C=CCC[C@@]1(O)C=C[C@H](C(C)C)[C@@]1(C)CC=C. The molecule has 1 N–H and O–H groups in total. The molecule has 17 heavy (non-hydrogen) atoms. The molecule has 1 heteroatoms. The van der Waals surface area contributed by atoms with Gasteiger partial charge in [-0.05, 0) is 31.1 Å². The van der Waals surface area contributed by atoms with Crippen molar-refractivity contribution in [1.82, 2.24) is 0 Å². The summed E-state index contributed by atoms with van der Waals surface area (Å²) in [5.74, 6) is 0.948. The normalized spacial score (nSPS) is 36.4. The van der Waals surface area contributed by atoms with E-state index in [-0.39, 0.29) is 5.41 Å². The molecule has 1 aliphatic rings. The lowest BCUT2D eigenvalue weighted by atomic mass is 9.63. The van der Waals surface area contributed by atoms with E-state index in [1.807, 2.05) is 18.2 Å². The Hall–Kier alpha value is -0.820. The lowest BCUT2D eigenvalue weighted by molar-refractivity contribution is -0.0577. The maximum atomic E-state index is 10.9. The van der Waals surface area contributed by atoms with E-state index in [4.69, 9.17) is 0 Å². The molecule has 0 aromatic rings. The Labute approximate surface area is 106 Å². The van der Waals surface area contributed by atoms with E-state index < -0.39 is 5.60 Å². The molecule has 0 fully saturated rings. The minimum absolute atomic E-state index is 0.133. The Morgan fingerprint density at radius 3 is 2.47 bits per heavy atom. The van der Waals surface area contributed by atoms with Gasteiger partial charge in [-0.2, -0.15) is 0 Å². The summed E-state index contributed by atoms with van der Waals surface area (Å²) in [7, 11) is 0. The van der Waals surface area contributed by atoms with Crippen molar-refractivity contribution in [1.29, 1.82) is 0 Å². The fourth-order valence-corrected chi connectivity index (χ4v) is 3.22. The molecule has 1 aliphatic carbocycles. The van der Waals surface area contributed by atoms with Gasteiger partial charge in [-0.25, -0.2) is 0 Å². The van der Waals surface area contributed by atoms with Crippen LogP contribution in [-0.4, -0.2) is 10.7 Å². The Kier molecular flexibility index (Phi) is 4.37. The largest absolute Gasteiger partial charge is 0.385 e. The highest BCUT2D eigenvalue weighted by molar-refractivity contribution is 5.23. The van der Waals surface area contributed by atoms with Crippen molar-refractivity contribution in [2.24, 2.45) is 17.3 Å². The van der Waals surface area contributed by atoms with Gasteiger partial charge in [0.25, 0.3) is 0 Å². The van der Waals surface area contributed by atoms with Crippen molar-refractivity contribution in [2.75, 3.05) is 0 Å². The summed E-state index contributed by atoms with van der Waals surface area (Å²) in [6.07, 6.45) is 10.4. The Bertz CT molecular complexity index is 315. The molecule has 0 unspecified atom stereocenters. The van der Waals surface area contributed by atoms with Crippen LogP contribution in [0.3, 0.4) is 0 Å². The molecule has 0 aromatic carbocycles. The first-order valence-electron chi connectivity index (χ1n) is 6.55. The maximum Gasteiger partial charge on any atom is 0.0892 e. The van der Waals surface area contributed by atoms with Crippen molar-refractivity contribution < 1.29 is 5.11 Å². The zero-order valence-corrected chi connectivity index (χ0v) is 11.4. The topological polar surface area (TPSA) is 20.2 Å². The summed E-state index contributed by atoms with van der Waals surface area (Å²) in [4.78, 5) is 0. The highest BCUT2D eigenvalue weighted by Gasteiger charge is 2.52. The van der Waals surface area contributed by atoms with Crippen LogP contribution in [0.15, 0.2) is 37.5 Å². The molecule has 1 nitrogen and oxygen atoms in total. The van der Waals surface area contributed by atoms with Crippen LogP contribution in [-0.2, 0) is 0 Å². The number of hydrogen-bond donors (Lipinski definition) is 1. The lowest BCUT2D eigenvalue weighted by Crippen LogP contribution is -2.46. The predicted molar refractivity (Wildman–Crippen MR) is 74.8 cm³/mol. The van der Waals surface area contributed by atoms with Gasteiger partial charge >= 0.3 is 0 Å². The van der Waals surface area contributed by atoms with E-state index in [1.54, 1.807) is 0 Å². The minimum Gasteiger partial charge on any atom is -0.385 e. The molecular formula is C16H26O. The highest BCUT2D eigenvalue weighted by atomic mass is 16.3. The van der Waals surface area contributed by atoms with Crippen LogP contribution in [0.2, 0.25) is 0 Å². The molecular weight excluding hydrogens is 208 g/mol. The number of rotatable bonds is 6. The molecule has 3 atom stereocenters. The Morgan fingerprint density at radius 1 is 1.35 bits per heavy atom. The van der Waals surface area contributed by atoms with Crippen molar-refractivity contribution in [3.63, 3.8) is 0 Å². The van der Waals surface area contributed by atoms with Crippen molar-refractivity contribution in [3.8, 4) is 0 Å². The molecule has 0 spiro atoms. The van der Waals surface area contributed by atoms with E-state index in [0.717, 1.165) is 19.3 Å². The van der Waals surface area contributed by atoms with Crippen LogP contribution in [0.25, 0.3) is 0 Å². The van der Waals surface area contributed by atoms with E-state index in [2.05, 4.69) is 40.0 Å². The summed E-state index contributed by atoms with van der Waals surface area (Å²) in [6, 6.07) is 0. The maximum absolute atomic E-state index is 10.9. The number of hydrogen-bond acceptors (Lipinski definition) is 1. The average Bonchev–Trinajstić information content (AvgIpc) is 2.50. The van der Waals surface area contributed by atoms with Crippen molar-refractivity contribution in [2.45, 2.75) is 45.6 Å². The van der Waals surface area contributed by atoms with Crippen LogP contribution >= 0.6 is 0 Å². The van der Waals surface area contributed by atoms with Gasteiger partial charge in [0.15, 0.2) is 0 Å². The first-order valence-corrected chi connectivity index (χ1v) is 6.55. The highest BCUT2D eigenvalue weighted by Crippen LogP contribution is 2.53.